The van der Waals surface area contributed by atoms with Crippen LogP contribution in [0.2, 0.25) is 0 Å². The zero-order valence-corrected chi connectivity index (χ0v) is 12.8. The Morgan fingerprint density at radius 2 is 1.95 bits per heavy atom. The van der Waals surface area contributed by atoms with E-state index < -0.39 is 23.5 Å². The van der Waals surface area contributed by atoms with E-state index >= 15 is 0 Å². The SMILES string of the molecule is CCC[C@@](C)(C(=O)O)[C@@H](C)NC(=O)OCc1ccccc1. The van der Waals surface area contributed by atoms with Crippen molar-refractivity contribution in [3.8, 4) is 0 Å². The molecule has 116 valence electrons. The first-order valence-electron chi connectivity index (χ1n) is 7.10. The minimum Gasteiger partial charge on any atom is -0.481 e. The highest BCUT2D eigenvalue weighted by atomic mass is 16.5. The predicted octanol–water partition coefficient (Wildman–Crippen LogP) is 3.19. The molecule has 0 heterocycles. The van der Waals surface area contributed by atoms with Crippen LogP contribution >= 0.6 is 0 Å². The van der Waals surface area contributed by atoms with Crippen LogP contribution in [0.5, 0.6) is 0 Å². The summed E-state index contributed by atoms with van der Waals surface area (Å²) >= 11 is 0. The van der Waals surface area contributed by atoms with Gasteiger partial charge < -0.3 is 15.2 Å². The molecule has 1 aromatic carbocycles. The number of benzene rings is 1. The van der Waals surface area contributed by atoms with Crippen LogP contribution in [0, 0.1) is 5.41 Å². The number of ether oxygens (including phenoxy) is 1. The third-order valence-electron chi connectivity index (χ3n) is 3.76. The summed E-state index contributed by atoms with van der Waals surface area (Å²) in [6, 6.07) is 8.81. The summed E-state index contributed by atoms with van der Waals surface area (Å²) in [4.78, 5) is 23.2. The maximum atomic E-state index is 11.8. The van der Waals surface area contributed by atoms with Crippen molar-refractivity contribution in [2.75, 3.05) is 0 Å². The molecule has 0 aliphatic heterocycles. The number of nitrogens with one attached hydrogen (secondary N) is 1. The Labute approximate surface area is 125 Å². The first kappa shape index (κ1) is 17.0. The molecule has 0 aliphatic carbocycles. The van der Waals surface area contributed by atoms with Crippen molar-refractivity contribution in [1.29, 1.82) is 0 Å². The Hall–Kier alpha value is -2.04. The van der Waals surface area contributed by atoms with Gasteiger partial charge in [-0.15, -0.1) is 0 Å². The normalized spacial score (nSPS) is 14.8. The van der Waals surface area contributed by atoms with Crippen molar-refractivity contribution in [2.45, 2.75) is 46.3 Å². The number of hydrogen-bond donors (Lipinski definition) is 2. The third kappa shape index (κ3) is 4.77. The summed E-state index contributed by atoms with van der Waals surface area (Å²) in [5, 5.41) is 12.0. The lowest BCUT2D eigenvalue weighted by Gasteiger charge is -2.31. The molecule has 0 unspecified atom stereocenters. The summed E-state index contributed by atoms with van der Waals surface area (Å²) in [7, 11) is 0. The lowest BCUT2D eigenvalue weighted by atomic mass is 9.79. The quantitative estimate of drug-likeness (QED) is 0.809. The van der Waals surface area contributed by atoms with Crippen LogP contribution in [0.3, 0.4) is 0 Å². The minimum atomic E-state index is -0.999. The van der Waals surface area contributed by atoms with E-state index in [0.29, 0.717) is 6.42 Å². The number of amides is 1. The Kier molecular flexibility index (Phi) is 6.21. The molecule has 0 saturated heterocycles. The molecular weight excluding hydrogens is 270 g/mol. The second-order valence-electron chi connectivity index (χ2n) is 5.40. The molecule has 0 fully saturated rings. The van der Waals surface area contributed by atoms with Gasteiger partial charge in [0.15, 0.2) is 0 Å². The predicted molar refractivity (Wildman–Crippen MR) is 79.9 cm³/mol. The lowest BCUT2D eigenvalue weighted by Crippen LogP contribution is -2.48. The average molecular weight is 293 g/mol. The Morgan fingerprint density at radius 3 is 2.48 bits per heavy atom. The van der Waals surface area contributed by atoms with Crippen LogP contribution in [-0.4, -0.2) is 23.2 Å². The Balaban J connectivity index is 2.54. The highest BCUT2D eigenvalue weighted by Gasteiger charge is 2.39. The van der Waals surface area contributed by atoms with Gasteiger partial charge in [-0.2, -0.15) is 0 Å². The number of carboxylic acids is 1. The molecule has 1 aromatic rings. The highest BCUT2D eigenvalue weighted by molar-refractivity contribution is 5.76. The first-order chi connectivity index (χ1) is 9.90. The largest absolute Gasteiger partial charge is 0.481 e. The summed E-state index contributed by atoms with van der Waals surface area (Å²) in [6.07, 6.45) is 0.617. The van der Waals surface area contributed by atoms with Gasteiger partial charge in [0.05, 0.1) is 5.41 Å². The van der Waals surface area contributed by atoms with Crippen LogP contribution in [0.4, 0.5) is 4.79 Å². The van der Waals surface area contributed by atoms with Gasteiger partial charge in [-0.05, 0) is 25.8 Å². The third-order valence-corrected chi connectivity index (χ3v) is 3.76. The van der Waals surface area contributed by atoms with Gasteiger partial charge in [0.1, 0.15) is 6.61 Å². The van der Waals surface area contributed by atoms with Gasteiger partial charge in [-0.25, -0.2) is 4.79 Å². The van der Waals surface area contributed by atoms with Gasteiger partial charge in [0.25, 0.3) is 0 Å². The standard InChI is InChI=1S/C16H23NO4/c1-4-10-16(3,14(18)19)12(2)17-15(20)21-11-13-8-6-5-7-9-13/h5-9,12H,4,10-11H2,1-3H3,(H,17,20)(H,18,19)/t12-,16-/m1/s1. The van der Waals surface area contributed by atoms with Crippen molar-refractivity contribution in [1.82, 2.24) is 5.32 Å². The van der Waals surface area contributed by atoms with Crippen LogP contribution in [-0.2, 0) is 16.1 Å². The molecule has 0 aliphatic rings. The van der Waals surface area contributed by atoms with Crippen molar-refractivity contribution < 1.29 is 19.4 Å². The molecule has 5 nitrogen and oxygen atoms in total. The molecule has 0 aromatic heterocycles. The number of hydrogen-bond acceptors (Lipinski definition) is 3. The van der Waals surface area contributed by atoms with Crippen LogP contribution in [0.1, 0.15) is 39.2 Å². The molecule has 0 spiro atoms. The minimum absolute atomic E-state index is 0.164. The second kappa shape index (κ2) is 7.67. The summed E-state index contributed by atoms with van der Waals surface area (Å²) in [6.45, 7) is 5.41. The summed E-state index contributed by atoms with van der Waals surface area (Å²) < 4.78 is 5.11. The van der Waals surface area contributed by atoms with Gasteiger partial charge in [-0.3, -0.25) is 4.79 Å². The van der Waals surface area contributed by atoms with Crippen LogP contribution < -0.4 is 5.32 Å². The number of carboxylic acid groups (broad SMARTS) is 1. The molecule has 0 radical (unpaired) electrons. The number of aliphatic carboxylic acids is 1. The zero-order valence-electron chi connectivity index (χ0n) is 12.8. The van der Waals surface area contributed by atoms with E-state index in [-0.39, 0.29) is 6.61 Å². The number of rotatable bonds is 7. The number of carbonyl (C=O) groups excluding carboxylic acids is 1. The lowest BCUT2D eigenvalue weighted by molar-refractivity contribution is -0.149. The van der Waals surface area contributed by atoms with E-state index in [9.17, 15) is 14.7 Å². The molecule has 2 atom stereocenters. The number of carbonyl (C=O) groups is 2. The first-order valence-corrected chi connectivity index (χ1v) is 7.10. The monoisotopic (exact) mass is 293 g/mol. The van der Waals surface area contributed by atoms with Crippen LogP contribution in [0.15, 0.2) is 30.3 Å². The van der Waals surface area contributed by atoms with E-state index in [2.05, 4.69) is 5.32 Å². The van der Waals surface area contributed by atoms with E-state index in [1.54, 1.807) is 13.8 Å². The summed E-state index contributed by atoms with van der Waals surface area (Å²) in [5.74, 6) is -0.916. The van der Waals surface area contributed by atoms with E-state index in [4.69, 9.17) is 4.74 Å². The van der Waals surface area contributed by atoms with E-state index in [1.165, 1.54) is 0 Å². The Morgan fingerprint density at radius 1 is 1.33 bits per heavy atom. The van der Waals surface area contributed by atoms with Crippen molar-refractivity contribution in [3.05, 3.63) is 35.9 Å². The molecule has 5 heteroatoms. The summed E-state index contributed by atoms with van der Waals surface area (Å²) in [5.41, 5.74) is -0.115. The smallest absolute Gasteiger partial charge is 0.407 e. The maximum absolute atomic E-state index is 11.8. The number of alkyl carbamates (subject to hydrolysis) is 1. The molecule has 0 saturated carbocycles. The van der Waals surface area contributed by atoms with Gasteiger partial charge in [-0.1, -0.05) is 43.7 Å². The fourth-order valence-corrected chi connectivity index (χ4v) is 2.13. The van der Waals surface area contributed by atoms with Gasteiger partial charge in [0.2, 0.25) is 0 Å². The van der Waals surface area contributed by atoms with E-state index in [0.717, 1.165) is 12.0 Å². The van der Waals surface area contributed by atoms with Gasteiger partial charge >= 0.3 is 12.1 Å². The van der Waals surface area contributed by atoms with Crippen molar-refractivity contribution >= 4 is 12.1 Å². The van der Waals surface area contributed by atoms with Crippen molar-refractivity contribution in [3.63, 3.8) is 0 Å². The van der Waals surface area contributed by atoms with Crippen molar-refractivity contribution in [2.24, 2.45) is 5.41 Å². The fraction of sp³-hybridized carbons (Fsp3) is 0.500. The molecule has 2 N–H and O–H groups in total. The zero-order chi connectivity index (χ0) is 15.9. The topological polar surface area (TPSA) is 75.6 Å². The molecule has 0 bridgehead atoms. The highest BCUT2D eigenvalue weighted by Crippen LogP contribution is 2.28. The van der Waals surface area contributed by atoms with E-state index in [1.807, 2.05) is 37.3 Å². The fourth-order valence-electron chi connectivity index (χ4n) is 2.13. The molecular formula is C16H23NO4. The van der Waals surface area contributed by atoms with Gasteiger partial charge in [0, 0.05) is 6.04 Å². The maximum Gasteiger partial charge on any atom is 0.407 e. The molecule has 1 rings (SSSR count). The second-order valence-corrected chi connectivity index (χ2v) is 5.40. The molecule has 1 amide bonds. The molecule has 21 heavy (non-hydrogen) atoms. The average Bonchev–Trinajstić information content (AvgIpc) is 2.46. The van der Waals surface area contributed by atoms with Crippen LogP contribution in [0.25, 0.3) is 0 Å². The Bertz CT molecular complexity index is 474.